The predicted octanol–water partition coefficient (Wildman–Crippen LogP) is 7.91. The Labute approximate surface area is 304 Å². The van der Waals surface area contributed by atoms with Crippen LogP contribution in [-0.4, -0.2) is 53.3 Å². The molecule has 9 nitrogen and oxygen atoms in total. The summed E-state index contributed by atoms with van der Waals surface area (Å²) in [6.45, 7) is 2.45. The van der Waals surface area contributed by atoms with Gasteiger partial charge in [-0.1, -0.05) is 73.3 Å². The Bertz CT molecular complexity index is 2310. The average molecular weight is 719 g/mol. The van der Waals surface area contributed by atoms with E-state index in [1.54, 1.807) is 30.9 Å². The van der Waals surface area contributed by atoms with Crippen LogP contribution in [0.2, 0.25) is 0 Å². The zero-order valence-corrected chi connectivity index (χ0v) is 30.6. The summed E-state index contributed by atoms with van der Waals surface area (Å²) < 4.78 is 18.0. The Morgan fingerprint density at radius 1 is 0.902 bits per heavy atom. The van der Waals surface area contributed by atoms with Gasteiger partial charge in [0.1, 0.15) is 10.6 Å². The molecular weight excluding hydrogens is 681 g/mol. The van der Waals surface area contributed by atoms with Crippen molar-refractivity contribution in [2.75, 3.05) is 27.1 Å². The number of aromatic nitrogens is 2. The maximum absolute atomic E-state index is 14.2. The van der Waals surface area contributed by atoms with Crippen LogP contribution in [-0.2, 0) is 24.2 Å². The first kappa shape index (κ1) is 34.3. The first-order valence-electron chi connectivity index (χ1n) is 16.8. The highest BCUT2D eigenvalue weighted by Crippen LogP contribution is 2.36. The number of carbonyl (C=O) groups is 1. The van der Waals surface area contributed by atoms with Crippen LogP contribution >= 0.6 is 23.1 Å². The first-order valence-corrected chi connectivity index (χ1v) is 18.6. The van der Waals surface area contributed by atoms with Gasteiger partial charge in [0.05, 0.1) is 44.2 Å². The number of aryl methyl sites for hydroxylation is 2. The van der Waals surface area contributed by atoms with E-state index in [2.05, 4.69) is 37.3 Å². The minimum atomic E-state index is -0.294. The van der Waals surface area contributed by atoms with Crippen molar-refractivity contribution in [2.45, 2.75) is 43.9 Å². The maximum Gasteiger partial charge on any atom is 0.262 e. The van der Waals surface area contributed by atoms with Crippen LogP contribution in [0.3, 0.4) is 0 Å². The molecule has 4 aromatic carbocycles. The molecule has 0 bridgehead atoms. The van der Waals surface area contributed by atoms with Gasteiger partial charge in [-0.05, 0) is 76.7 Å². The van der Waals surface area contributed by atoms with E-state index >= 15 is 0 Å². The number of amides is 1. The summed E-state index contributed by atoms with van der Waals surface area (Å²) in [5, 5.41) is 9.91. The number of hydrogen-bond donors (Lipinski definition) is 0. The summed E-state index contributed by atoms with van der Waals surface area (Å²) in [4.78, 5) is 34.8. The van der Waals surface area contributed by atoms with Crippen LogP contribution in [0.15, 0.2) is 106 Å². The summed E-state index contributed by atoms with van der Waals surface area (Å²) in [6.07, 6.45) is 1.94. The number of thiophene rings is 1. The lowest BCUT2D eigenvalue weighted by Crippen LogP contribution is -2.29. The molecule has 1 aliphatic heterocycles. The topological polar surface area (TPSA) is 95.2 Å². The molecule has 6 aromatic rings. The molecular formula is C40H38N4O5S2. The molecule has 0 saturated carbocycles. The van der Waals surface area contributed by atoms with Gasteiger partial charge in [-0.15, -0.1) is 11.3 Å². The van der Waals surface area contributed by atoms with Crippen LogP contribution < -0.4 is 19.8 Å². The molecule has 0 aliphatic carbocycles. The number of fused-ring (bicyclic) bond motifs is 2. The van der Waals surface area contributed by atoms with Gasteiger partial charge in [0.2, 0.25) is 0 Å². The average Bonchev–Trinajstić information content (AvgIpc) is 3.82. The summed E-state index contributed by atoms with van der Waals surface area (Å²) in [5.41, 5.74) is 3.67. The Morgan fingerprint density at radius 3 is 2.43 bits per heavy atom. The number of ether oxygens (including phenoxy) is 3. The minimum absolute atomic E-state index is 0.0570. The van der Waals surface area contributed by atoms with Crippen LogP contribution in [0.25, 0.3) is 21.0 Å². The van der Waals surface area contributed by atoms with Crippen molar-refractivity contribution in [3.05, 3.63) is 123 Å². The number of rotatable bonds is 12. The molecule has 1 amide bonds. The Morgan fingerprint density at radius 2 is 1.69 bits per heavy atom. The van der Waals surface area contributed by atoms with Gasteiger partial charge in [0, 0.05) is 17.8 Å². The third-order valence-electron chi connectivity index (χ3n) is 9.16. The maximum atomic E-state index is 14.2. The van der Waals surface area contributed by atoms with Crippen molar-refractivity contribution in [3.8, 4) is 17.2 Å². The molecule has 1 unspecified atom stereocenters. The normalized spacial score (nSPS) is 14.2. The molecule has 3 heterocycles. The van der Waals surface area contributed by atoms with Crippen LogP contribution in [0, 0.1) is 0 Å². The molecule has 0 radical (unpaired) electrons. The van der Waals surface area contributed by atoms with E-state index in [0.717, 1.165) is 50.2 Å². The zero-order chi connectivity index (χ0) is 35.5. The van der Waals surface area contributed by atoms with E-state index in [1.165, 1.54) is 23.1 Å². The van der Waals surface area contributed by atoms with Crippen molar-refractivity contribution in [2.24, 2.45) is 5.10 Å². The van der Waals surface area contributed by atoms with Gasteiger partial charge in [-0.3, -0.25) is 14.2 Å². The van der Waals surface area contributed by atoms with Gasteiger partial charge in [-0.25, -0.2) is 9.99 Å². The molecule has 11 heteroatoms. The number of nitrogens with zero attached hydrogens (tertiary/aromatic N) is 4. The number of hydrazone groups is 1. The molecule has 1 atom stereocenters. The van der Waals surface area contributed by atoms with E-state index in [1.807, 2.05) is 60.7 Å². The van der Waals surface area contributed by atoms with Gasteiger partial charge < -0.3 is 14.2 Å². The smallest absolute Gasteiger partial charge is 0.262 e. The summed E-state index contributed by atoms with van der Waals surface area (Å²) >= 11 is 2.79. The van der Waals surface area contributed by atoms with E-state index in [-0.39, 0.29) is 23.3 Å². The number of carbonyl (C=O) groups excluding carboxylic acids is 1. The molecule has 0 spiro atoms. The van der Waals surface area contributed by atoms with E-state index in [9.17, 15) is 9.59 Å². The lowest BCUT2D eigenvalue weighted by atomic mass is 9.97. The minimum Gasteiger partial charge on any atom is -0.497 e. The lowest BCUT2D eigenvalue weighted by molar-refractivity contribution is -0.130. The molecule has 0 saturated heterocycles. The second-order valence-corrected chi connectivity index (χ2v) is 14.3. The number of thioether (sulfide) groups is 1. The Kier molecular flexibility index (Phi) is 10.1. The standard InChI is InChI=1S/C40H38N4O5S2/c1-5-31-22-32-38(51-31)41-40(43(39(32)46)19-18-25-10-17-35(48-3)36(20-25)49-4)50-24-37(45)44-34(27-13-15-30(47-2)16-14-27)23-33(42-44)29-12-11-26-8-6-7-9-28(26)21-29/h6-17,20-22,34H,5,18-19,23-24H2,1-4H3. The molecule has 7 rings (SSSR count). The fourth-order valence-corrected chi connectivity index (χ4v) is 8.25. The SMILES string of the molecule is CCc1cc2c(=O)n(CCc3ccc(OC)c(OC)c3)c(SCC(=O)N3N=C(c4ccc5ccccc5c4)CC3c3ccc(OC)cc3)nc2s1. The van der Waals surface area contributed by atoms with Gasteiger partial charge in [0.15, 0.2) is 16.7 Å². The van der Waals surface area contributed by atoms with Gasteiger partial charge >= 0.3 is 0 Å². The van der Waals surface area contributed by atoms with Crippen LogP contribution in [0.5, 0.6) is 17.2 Å². The molecule has 0 N–H and O–H groups in total. The van der Waals surface area contributed by atoms with E-state index in [0.29, 0.717) is 46.3 Å². The number of benzene rings is 4. The monoisotopic (exact) mass is 718 g/mol. The lowest BCUT2D eigenvalue weighted by Gasteiger charge is -2.22. The first-order chi connectivity index (χ1) is 24.9. The molecule has 2 aromatic heterocycles. The van der Waals surface area contributed by atoms with Gasteiger partial charge in [0.25, 0.3) is 11.5 Å². The highest BCUT2D eigenvalue weighted by Gasteiger charge is 2.33. The second-order valence-electron chi connectivity index (χ2n) is 12.2. The number of hydrogen-bond acceptors (Lipinski definition) is 9. The third-order valence-corrected chi connectivity index (χ3v) is 11.3. The Balaban J connectivity index is 1.19. The highest BCUT2D eigenvalue weighted by atomic mass is 32.2. The highest BCUT2D eigenvalue weighted by molar-refractivity contribution is 7.99. The molecule has 260 valence electrons. The van der Waals surface area contributed by atoms with Crippen molar-refractivity contribution >= 4 is 55.7 Å². The fraction of sp³-hybridized carbons (Fsp3) is 0.250. The summed E-state index contributed by atoms with van der Waals surface area (Å²) in [5.74, 6) is 1.90. The van der Waals surface area contributed by atoms with Crippen LogP contribution in [0.4, 0.5) is 0 Å². The van der Waals surface area contributed by atoms with Gasteiger partial charge in [-0.2, -0.15) is 5.10 Å². The zero-order valence-electron chi connectivity index (χ0n) is 28.9. The molecule has 0 fully saturated rings. The third kappa shape index (κ3) is 7.09. The summed E-state index contributed by atoms with van der Waals surface area (Å²) in [6, 6.07) is 29.7. The van der Waals surface area contributed by atoms with E-state index < -0.39 is 0 Å². The van der Waals surface area contributed by atoms with E-state index in [4.69, 9.17) is 24.3 Å². The van der Waals surface area contributed by atoms with Crippen molar-refractivity contribution in [3.63, 3.8) is 0 Å². The second kappa shape index (κ2) is 15.0. The Hall–Kier alpha value is -5.13. The number of methoxy groups -OCH3 is 3. The van der Waals surface area contributed by atoms with Crippen molar-refractivity contribution in [1.29, 1.82) is 0 Å². The summed E-state index contributed by atoms with van der Waals surface area (Å²) in [7, 11) is 4.84. The van der Waals surface area contributed by atoms with Crippen molar-refractivity contribution < 1.29 is 19.0 Å². The quantitative estimate of drug-likeness (QED) is 0.0938. The predicted molar refractivity (Wildman–Crippen MR) is 205 cm³/mol. The molecule has 1 aliphatic rings. The molecule has 51 heavy (non-hydrogen) atoms. The fourth-order valence-electron chi connectivity index (χ4n) is 6.37. The van der Waals surface area contributed by atoms with Crippen LogP contribution in [0.1, 0.15) is 41.0 Å². The van der Waals surface area contributed by atoms with Crippen molar-refractivity contribution in [1.82, 2.24) is 14.6 Å². The largest absolute Gasteiger partial charge is 0.497 e.